The average Bonchev–Trinajstić information content (AvgIpc) is 3.51. The number of anilines is 1. The first-order valence-electron chi connectivity index (χ1n) is 9.68. The third-order valence-electron chi connectivity index (χ3n) is 5.18. The summed E-state index contributed by atoms with van der Waals surface area (Å²) in [6.07, 6.45) is 2.30. The SMILES string of the molecule is COc1cccc(C(=O)Nc2cc(-c3csc(/C(S)=C(/C)C4CC4)n3)c(F)cc2F)c1. The molecule has 4 nitrogen and oxygen atoms in total. The van der Waals surface area contributed by atoms with Crippen LogP contribution in [0.25, 0.3) is 16.2 Å². The molecule has 0 radical (unpaired) electrons. The van der Waals surface area contributed by atoms with Crippen molar-refractivity contribution in [2.24, 2.45) is 5.92 Å². The summed E-state index contributed by atoms with van der Waals surface area (Å²) in [5, 5.41) is 4.89. The first-order valence-corrected chi connectivity index (χ1v) is 11.0. The van der Waals surface area contributed by atoms with Gasteiger partial charge in [-0.2, -0.15) is 0 Å². The van der Waals surface area contributed by atoms with Gasteiger partial charge in [-0.05, 0) is 49.9 Å². The van der Waals surface area contributed by atoms with Crippen molar-refractivity contribution in [2.75, 3.05) is 12.4 Å². The minimum atomic E-state index is -0.868. The smallest absolute Gasteiger partial charge is 0.255 e. The molecule has 0 spiro atoms. The summed E-state index contributed by atoms with van der Waals surface area (Å²) in [5.74, 6) is -1.11. The van der Waals surface area contributed by atoms with E-state index in [-0.39, 0.29) is 11.3 Å². The highest BCUT2D eigenvalue weighted by molar-refractivity contribution is 7.90. The molecule has 8 heteroatoms. The second-order valence-corrected chi connectivity index (χ2v) is 8.65. The van der Waals surface area contributed by atoms with Crippen molar-refractivity contribution in [3.63, 3.8) is 0 Å². The molecule has 1 aliphatic rings. The molecule has 1 amide bonds. The lowest BCUT2D eigenvalue weighted by molar-refractivity contribution is 0.102. The molecule has 0 saturated heterocycles. The molecule has 3 aromatic rings. The highest BCUT2D eigenvalue weighted by Gasteiger charge is 2.26. The van der Waals surface area contributed by atoms with E-state index in [1.165, 1.54) is 36.2 Å². The van der Waals surface area contributed by atoms with E-state index in [9.17, 15) is 13.6 Å². The van der Waals surface area contributed by atoms with Crippen LogP contribution in [0.4, 0.5) is 14.5 Å². The van der Waals surface area contributed by atoms with Crippen molar-refractivity contribution in [3.8, 4) is 17.0 Å². The number of carbonyl (C=O) groups is 1. The Hall–Kier alpha value is -2.71. The molecule has 160 valence electrons. The zero-order chi connectivity index (χ0) is 22.1. The van der Waals surface area contributed by atoms with Crippen molar-refractivity contribution in [3.05, 3.63) is 69.6 Å². The highest BCUT2D eigenvalue weighted by Crippen LogP contribution is 2.42. The Morgan fingerprint density at radius 1 is 1.23 bits per heavy atom. The van der Waals surface area contributed by atoms with Crippen LogP contribution in [0, 0.1) is 17.6 Å². The number of nitrogens with zero attached hydrogens (tertiary/aromatic N) is 1. The van der Waals surface area contributed by atoms with Gasteiger partial charge < -0.3 is 10.1 Å². The van der Waals surface area contributed by atoms with Crippen molar-refractivity contribution < 1.29 is 18.3 Å². The van der Waals surface area contributed by atoms with Crippen LogP contribution in [0.3, 0.4) is 0 Å². The maximum atomic E-state index is 14.5. The summed E-state index contributed by atoms with van der Waals surface area (Å²) >= 11 is 5.94. The Balaban J connectivity index is 1.63. The van der Waals surface area contributed by atoms with Gasteiger partial charge >= 0.3 is 0 Å². The summed E-state index contributed by atoms with van der Waals surface area (Å²) < 4.78 is 34.0. The van der Waals surface area contributed by atoms with Crippen molar-refractivity contribution in [1.82, 2.24) is 4.98 Å². The molecule has 1 fully saturated rings. The molecular formula is C23H20F2N2O2S2. The van der Waals surface area contributed by atoms with Crippen LogP contribution >= 0.6 is 24.0 Å². The Kier molecular flexibility index (Phi) is 6.11. The Morgan fingerprint density at radius 3 is 2.71 bits per heavy atom. The Morgan fingerprint density at radius 2 is 2.00 bits per heavy atom. The number of nitrogens with one attached hydrogen (secondary N) is 1. The van der Waals surface area contributed by atoms with E-state index >= 15 is 0 Å². The summed E-state index contributed by atoms with van der Waals surface area (Å²) in [5.41, 5.74) is 1.81. The van der Waals surface area contributed by atoms with Gasteiger partial charge in [-0.15, -0.1) is 24.0 Å². The number of carbonyl (C=O) groups excluding carboxylic acids is 1. The van der Waals surface area contributed by atoms with Crippen molar-refractivity contribution >= 4 is 40.5 Å². The van der Waals surface area contributed by atoms with Crippen LogP contribution in [0.1, 0.15) is 35.1 Å². The quantitative estimate of drug-likeness (QED) is 0.419. The van der Waals surface area contributed by atoms with Gasteiger partial charge in [0.25, 0.3) is 5.91 Å². The predicted molar refractivity (Wildman–Crippen MR) is 123 cm³/mol. The van der Waals surface area contributed by atoms with Crippen LogP contribution in [-0.2, 0) is 0 Å². The Labute approximate surface area is 188 Å². The first-order chi connectivity index (χ1) is 14.9. The molecule has 4 rings (SSSR count). The molecule has 0 unspecified atom stereocenters. The molecule has 1 aromatic heterocycles. The lowest BCUT2D eigenvalue weighted by atomic mass is 10.1. The number of halogens is 2. The second kappa shape index (κ2) is 8.80. The largest absolute Gasteiger partial charge is 0.497 e. The van der Waals surface area contributed by atoms with Gasteiger partial charge in [-0.25, -0.2) is 13.8 Å². The van der Waals surface area contributed by atoms with E-state index < -0.39 is 17.5 Å². The maximum absolute atomic E-state index is 14.5. The molecule has 0 aliphatic heterocycles. The number of rotatable bonds is 6. The molecule has 0 bridgehead atoms. The third-order valence-corrected chi connectivity index (χ3v) is 6.76. The third kappa shape index (κ3) is 4.65. The van der Waals surface area contributed by atoms with Crippen LogP contribution in [0.2, 0.25) is 0 Å². The summed E-state index contributed by atoms with van der Waals surface area (Å²) in [4.78, 5) is 17.8. The molecule has 0 atom stereocenters. The van der Waals surface area contributed by atoms with E-state index in [1.54, 1.807) is 23.6 Å². The van der Waals surface area contributed by atoms with E-state index in [1.807, 2.05) is 6.92 Å². The number of allylic oxidation sites excluding steroid dienone is 1. The molecule has 1 heterocycles. The fourth-order valence-electron chi connectivity index (χ4n) is 3.18. The van der Waals surface area contributed by atoms with Gasteiger partial charge in [0.15, 0.2) is 0 Å². The monoisotopic (exact) mass is 458 g/mol. The van der Waals surface area contributed by atoms with Gasteiger partial charge in [0, 0.05) is 27.5 Å². The van der Waals surface area contributed by atoms with Crippen LogP contribution < -0.4 is 10.1 Å². The van der Waals surface area contributed by atoms with Gasteiger partial charge in [0.05, 0.1) is 18.5 Å². The van der Waals surface area contributed by atoms with Crippen LogP contribution in [0.5, 0.6) is 5.75 Å². The van der Waals surface area contributed by atoms with Gasteiger partial charge in [-0.1, -0.05) is 11.6 Å². The lowest BCUT2D eigenvalue weighted by Gasteiger charge is -2.10. The summed E-state index contributed by atoms with van der Waals surface area (Å²) in [6.45, 7) is 2.03. The highest BCUT2D eigenvalue weighted by atomic mass is 32.1. The zero-order valence-corrected chi connectivity index (χ0v) is 18.6. The van der Waals surface area contributed by atoms with E-state index in [0.717, 1.165) is 23.8 Å². The molecule has 31 heavy (non-hydrogen) atoms. The van der Waals surface area contributed by atoms with Gasteiger partial charge in [-0.3, -0.25) is 4.79 Å². The number of aromatic nitrogens is 1. The summed E-state index contributed by atoms with van der Waals surface area (Å²) in [7, 11) is 1.49. The van der Waals surface area contributed by atoms with Crippen LogP contribution in [0.15, 0.2) is 47.4 Å². The zero-order valence-electron chi connectivity index (χ0n) is 16.9. The standard InChI is InChI=1S/C23H20F2N2O2S2/c1-12(13-6-7-13)21(30)23-27-20(11-31-23)16-9-19(18(25)10-17(16)24)26-22(28)14-4-3-5-15(8-14)29-2/h3-5,8-11,13,30H,6-7H2,1-2H3,(H,26,28)/b21-12+. The minimum Gasteiger partial charge on any atom is -0.497 e. The van der Waals surface area contributed by atoms with E-state index in [4.69, 9.17) is 4.74 Å². The molecule has 2 aromatic carbocycles. The molecular weight excluding hydrogens is 438 g/mol. The number of amides is 1. The predicted octanol–water partition coefficient (Wildman–Crippen LogP) is 6.42. The summed E-state index contributed by atoms with van der Waals surface area (Å²) in [6, 6.07) is 8.48. The van der Waals surface area contributed by atoms with Gasteiger partial charge in [0.2, 0.25) is 0 Å². The number of methoxy groups -OCH3 is 1. The lowest BCUT2D eigenvalue weighted by Crippen LogP contribution is -2.13. The number of hydrogen-bond acceptors (Lipinski definition) is 5. The van der Waals surface area contributed by atoms with Crippen molar-refractivity contribution in [2.45, 2.75) is 19.8 Å². The number of ether oxygens (including phenoxy) is 1. The fraction of sp³-hybridized carbons (Fsp3) is 0.217. The Bertz CT molecular complexity index is 1190. The normalized spacial score (nSPS) is 14.2. The maximum Gasteiger partial charge on any atom is 0.255 e. The molecule has 1 saturated carbocycles. The molecule has 1 aliphatic carbocycles. The number of benzene rings is 2. The first kappa shape index (κ1) is 21.5. The number of thiol groups is 1. The van der Waals surface area contributed by atoms with Crippen molar-refractivity contribution in [1.29, 1.82) is 0 Å². The topological polar surface area (TPSA) is 51.2 Å². The van der Waals surface area contributed by atoms with E-state index in [0.29, 0.717) is 27.9 Å². The van der Waals surface area contributed by atoms with Crippen LogP contribution in [-0.4, -0.2) is 18.0 Å². The number of hydrogen-bond donors (Lipinski definition) is 2. The fourth-order valence-corrected chi connectivity index (χ4v) is 4.40. The number of thiazole rings is 1. The average molecular weight is 459 g/mol. The minimum absolute atomic E-state index is 0.107. The van der Waals surface area contributed by atoms with E-state index in [2.05, 4.69) is 22.9 Å². The second-order valence-electron chi connectivity index (χ2n) is 7.34. The molecule has 1 N–H and O–H groups in total. The van der Waals surface area contributed by atoms with Gasteiger partial charge in [0.1, 0.15) is 22.4 Å².